The lowest BCUT2D eigenvalue weighted by atomic mass is 9.73. The van der Waals surface area contributed by atoms with Gasteiger partial charge in [0.2, 0.25) is 0 Å². The van der Waals surface area contributed by atoms with E-state index in [4.69, 9.17) is 43.0 Å². The van der Waals surface area contributed by atoms with Gasteiger partial charge in [0.05, 0.1) is 90.0 Å². The molecule has 2 aromatic rings. The van der Waals surface area contributed by atoms with Crippen LogP contribution in [0, 0.1) is 39.4 Å². The zero-order valence-electron chi connectivity index (χ0n) is 53.2. The van der Waals surface area contributed by atoms with Crippen molar-refractivity contribution in [3.63, 3.8) is 0 Å². The van der Waals surface area contributed by atoms with Crippen LogP contribution in [0.4, 0.5) is 0 Å². The van der Waals surface area contributed by atoms with Crippen molar-refractivity contribution in [2.24, 2.45) is 39.4 Å². The zero-order valence-corrected chi connectivity index (χ0v) is 53.2. The number of carbonyl (C=O) groups is 14. The van der Waals surface area contributed by atoms with E-state index in [1.165, 1.54) is 6.07 Å². The Bertz CT molecular complexity index is 3380. The van der Waals surface area contributed by atoms with Crippen LogP contribution in [0.15, 0.2) is 60.2 Å². The molecular weight excluding hydrogens is 1200 g/mol. The van der Waals surface area contributed by atoms with Crippen molar-refractivity contribution < 1.29 is 110 Å². The smallest absolute Gasteiger partial charge is 0.324 e. The number of amides is 2. The fourth-order valence-electron chi connectivity index (χ4n) is 13.7. The maximum Gasteiger partial charge on any atom is 0.324 e. The van der Waals surface area contributed by atoms with Gasteiger partial charge >= 0.3 is 47.8 Å². The number of esters is 8. The van der Waals surface area contributed by atoms with Crippen molar-refractivity contribution in [2.45, 2.75) is 126 Å². The number of ether oxygens (including phenoxy) is 8. The van der Waals surface area contributed by atoms with Crippen molar-refractivity contribution in [2.75, 3.05) is 66.0 Å². The molecule has 0 saturated heterocycles. The van der Waals surface area contributed by atoms with Gasteiger partial charge in [0.15, 0.2) is 33.2 Å². The molecule has 92 heavy (non-hydrogen) atoms. The second-order valence-electron chi connectivity index (χ2n) is 23.2. The topological polar surface area (TPSA) is 336 Å². The fourth-order valence-corrected chi connectivity index (χ4v) is 13.7. The quantitative estimate of drug-likeness (QED) is 0.0573. The van der Waals surface area contributed by atoms with Gasteiger partial charge in [-0.3, -0.25) is 72.0 Å². The summed E-state index contributed by atoms with van der Waals surface area (Å²) >= 11 is 0. The Labute approximate surface area is 532 Å². The summed E-state index contributed by atoms with van der Waals surface area (Å²) in [6.45, 7) is 18.0. The average Bonchev–Trinajstić information content (AvgIpc) is 1.59. The number of fused-ring (bicyclic) bond motifs is 9. The Balaban J connectivity index is 0.000000176. The summed E-state index contributed by atoms with van der Waals surface area (Å²) in [6, 6.07) is 6.50. The number of aliphatic hydroxyl groups is 1. The van der Waals surface area contributed by atoms with Gasteiger partial charge in [-0.1, -0.05) is 54.2 Å². The molecular formula is C68H79NO23. The third-order valence-electron chi connectivity index (χ3n) is 17.9. The second-order valence-corrected chi connectivity index (χ2v) is 23.2. The molecule has 0 aromatic heterocycles. The SMILES string of the molecule is C=CC1=CCC(C(=O)OCC)(C(=O)OCC)C1.CCOC(=O)C1(C(=O)OCC)CC2=CCC3C(=O)CC(=O)C3C2C1.CCOC(=O)C1(C(=O)OCC)Cc2ccc3c(c2C1)C(=O)CC3=O.CCOC(=O)C1(C(=O)OCC)Cc2ccc3c(c2C1)C(=O)N(CCO)C3=O. The van der Waals surface area contributed by atoms with E-state index >= 15 is 0 Å². The molecule has 2 amide bonds. The van der Waals surface area contributed by atoms with E-state index in [1.54, 1.807) is 79.7 Å². The number of Topliss-reactive ketones (excluding diaryl/α,β-unsaturated/α-hetero) is 4. The molecule has 24 heteroatoms. The van der Waals surface area contributed by atoms with Crippen molar-refractivity contribution in [3.05, 3.63) is 105 Å². The molecule has 1 heterocycles. The van der Waals surface area contributed by atoms with Gasteiger partial charge in [-0.05, 0) is 135 Å². The molecule has 10 rings (SSSR count). The first-order chi connectivity index (χ1) is 43.9. The molecule has 7 aliphatic carbocycles. The number of hydrogen-bond donors (Lipinski definition) is 1. The number of rotatable bonds is 19. The Hall–Kier alpha value is -8.80. The highest BCUT2D eigenvalue weighted by Crippen LogP contribution is 2.56. The van der Waals surface area contributed by atoms with E-state index in [2.05, 4.69) is 6.58 Å². The molecule has 0 radical (unpaired) electrons. The third-order valence-corrected chi connectivity index (χ3v) is 17.9. The Morgan fingerprint density at radius 1 is 0.489 bits per heavy atom. The van der Waals surface area contributed by atoms with Gasteiger partial charge in [0.25, 0.3) is 11.8 Å². The Morgan fingerprint density at radius 2 is 0.924 bits per heavy atom. The standard InChI is InChI=1S/C19H21NO7.C18H22O6.C18H18O6.C13H18O4/c1-3-26-17(24)19(18(25)27-4-2)9-11-5-6-12-14(13(11)10-19)16(23)20(7-8-21)15(12)22;2*1-3-23-16(21)18(17(22)24-4-2)8-10-5-6-11-13(19)7-14(20)15(11)12(10)9-18;1-4-10-7-8-13(9-10,11(14)16-5-2)12(15)17-6-3/h5-6,21H,3-4,7-10H2,1-2H3;5,11-12,15H,3-4,6-9H2,1-2H3;5-6H,3-4,7-9H2,1-2H3;4,7H,1,5-6,8-9H2,2-3H3. The summed E-state index contributed by atoms with van der Waals surface area (Å²) in [6.07, 6.45) is 6.94. The monoisotopic (exact) mass is 1280 g/mol. The van der Waals surface area contributed by atoms with Crippen LogP contribution in [-0.2, 0) is 112 Å². The highest BCUT2D eigenvalue weighted by atomic mass is 16.6. The van der Waals surface area contributed by atoms with Gasteiger partial charge in [0, 0.05) is 35.8 Å². The van der Waals surface area contributed by atoms with Crippen molar-refractivity contribution in [3.8, 4) is 0 Å². The molecule has 0 bridgehead atoms. The first-order valence-electron chi connectivity index (χ1n) is 31.2. The number of carbonyl (C=O) groups excluding carboxylic acids is 14. The molecule has 8 aliphatic rings. The van der Waals surface area contributed by atoms with E-state index in [0.29, 0.717) is 47.1 Å². The van der Waals surface area contributed by atoms with Crippen LogP contribution in [0.25, 0.3) is 0 Å². The maximum atomic E-state index is 12.7. The number of hydrogen-bond acceptors (Lipinski definition) is 23. The first kappa shape index (κ1) is 70.7. The molecule has 2 aromatic carbocycles. The highest BCUT2D eigenvalue weighted by molar-refractivity contribution is 6.25. The van der Waals surface area contributed by atoms with Gasteiger partial charge in [-0.2, -0.15) is 0 Å². The van der Waals surface area contributed by atoms with Crippen LogP contribution < -0.4 is 0 Å². The predicted octanol–water partition coefficient (Wildman–Crippen LogP) is 5.77. The predicted molar refractivity (Wildman–Crippen MR) is 321 cm³/mol. The summed E-state index contributed by atoms with van der Waals surface area (Å²) in [5.74, 6) is -7.40. The van der Waals surface area contributed by atoms with Crippen molar-refractivity contribution >= 4 is 82.7 Å². The first-order valence-corrected chi connectivity index (χ1v) is 31.2. The minimum Gasteiger partial charge on any atom is -0.465 e. The lowest BCUT2D eigenvalue weighted by Crippen LogP contribution is -2.43. The molecule has 2 saturated carbocycles. The molecule has 1 aliphatic heterocycles. The molecule has 2 fully saturated rings. The summed E-state index contributed by atoms with van der Waals surface area (Å²) in [4.78, 5) is 174. The van der Waals surface area contributed by atoms with Crippen LogP contribution in [-0.4, -0.2) is 159 Å². The van der Waals surface area contributed by atoms with Gasteiger partial charge in [0.1, 0.15) is 11.6 Å². The largest absolute Gasteiger partial charge is 0.465 e. The average molecular weight is 1280 g/mol. The normalized spacial score (nSPS) is 20.6. The van der Waals surface area contributed by atoms with Crippen LogP contribution >= 0.6 is 0 Å². The number of ketones is 4. The number of aliphatic hydroxyl groups excluding tert-OH is 1. The number of imide groups is 1. The Kier molecular flexibility index (Phi) is 22.8. The van der Waals surface area contributed by atoms with E-state index < -0.39 is 87.1 Å². The molecule has 24 nitrogen and oxygen atoms in total. The van der Waals surface area contributed by atoms with Crippen molar-refractivity contribution in [1.82, 2.24) is 4.90 Å². The highest BCUT2D eigenvalue weighted by Gasteiger charge is 2.62. The summed E-state index contributed by atoms with van der Waals surface area (Å²) in [5.41, 5.74) is -0.221. The summed E-state index contributed by atoms with van der Waals surface area (Å²) in [5, 5.41) is 9.11. The Morgan fingerprint density at radius 3 is 1.36 bits per heavy atom. The maximum absolute atomic E-state index is 12.7. The number of benzene rings is 2. The van der Waals surface area contributed by atoms with E-state index in [-0.39, 0.29) is 163 Å². The lowest BCUT2D eigenvalue weighted by Gasteiger charge is -2.29. The number of allylic oxidation sites excluding steroid dienone is 5. The summed E-state index contributed by atoms with van der Waals surface area (Å²) in [7, 11) is 0. The van der Waals surface area contributed by atoms with Crippen LogP contribution in [0.3, 0.4) is 0 Å². The molecule has 0 spiro atoms. The number of nitrogens with zero attached hydrogens (tertiary/aromatic N) is 1. The van der Waals surface area contributed by atoms with Crippen LogP contribution in [0.2, 0.25) is 0 Å². The number of β-amino-alcohol motifs (C(OH)–C–C–N with tert-alkyl or cyclic N) is 1. The van der Waals surface area contributed by atoms with E-state index in [0.717, 1.165) is 21.6 Å². The van der Waals surface area contributed by atoms with Gasteiger partial charge in [-0.25, -0.2) is 0 Å². The fraction of sp³-hybridized carbons (Fsp3) is 0.529. The summed E-state index contributed by atoms with van der Waals surface area (Å²) < 4.78 is 40.7. The van der Waals surface area contributed by atoms with Crippen molar-refractivity contribution in [1.29, 1.82) is 0 Å². The van der Waals surface area contributed by atoms with Gasteiger partial charge < -0.3 is 43.0 Å². The molecule has 3 atom stereocenters. The second kappa shape index (κ2) is 29.7. The van der Waals surface area contributed by atoms with Crippen LogP contribution in [0.5, 0.6) is 0 Å². The van der Waals surface area contributed by atoms with Gasteiger partial charge in [-0.15, -0.1) is 0 Å². The van der Waals surface area contributed by atoms with E-state index in [1.807, 2.05) is 12.2 Å². The molecule has 3 unspecified atom stereocenters. The minimum absolute atomic E-state index is 0.0231. The molecule has 1 N–H and O–H groups in total. The van der Waals surface area contributed by atoms with Crippen LogP contribution in [0.1, 0.15) is 164 Å². The third kappa shape index (κ3) is 13.0. The lowest BCUT2D eigenvalue weighted by molar-refractivity contribution is -0.173. The zero-order chi connectivity index (χ0) is 67.6. The van der Waals surface area contributed by atoms with E-state index in [9.17, 15) is 67.1 Å². The molecule has 494 valence electrons. The minimum atomic E-state index is -1.56.